The summed E-state index contributed by atoms with van der Waals surface area (Å²) in [4.78, 5) is 16.2. The summed E-state index contributed by atoms with van der Waals surface area (Å²) in [5.74, 6) is 0.154. The third-order valence-electron chi connectivity index (χ3n) is 4.40. The van der Waals surface area contributed by atoms with Crippen molar-refractivity contribution in [2.75, 3.05) is 43.1 Å². The van der Waals surface area contributed by atoms with E-state index in [0.717, 1.165) is 37.6 Å². The Bertz CT molecular complexity index is 723. The molecule has 0 radical (unpaired) electrons. The highest BCUT2D eigenvalue weighted by atomic mass is 19.1. The number of ether oxygens (including phenoxy) is 1. The number of ketones is 1. The summed E-state index contributed by atoms with van der Waals surface area (Å²) in [5, 5.41) is 0. The van der Waals surface area contributed by atoms with Crippen molar-refractivity contribution in [1.82, 2.24) is 0 Å². The van der Waals surface area contributed by atoms with Crippen LogP contribution in [0.5, 0.6) is 5.75 Å². The molecule has 1 aliphatic rings. The maximum atomic E-state index is 14.0. The highest BCUT2D eigenvalue weighted by Crippen LogP contribution is 2.27. The minimum absolute atomic E-state index is 0.190. The quantitative estimate of drug-likeness (QED) is 0.806. The predicted octanol–water partition coefficient (Wildman–Crippen LogP) is 3.36. The molecule has 0 aliphatic carbocycles. The summed E-state index contributed by atoms with van der Waals surface area (Å²) < 4.78 is 19.2. The van der Waals surface area contributed by atoms with Gasteiger partial charge < -0.3 is 14.5 Å². The van der Waals surface area contributed by atoms with Crippen LogP contribution in [-0.4, -0.2) is 39.1 Å². The van der Waals surface area contributed by atoms with Crippen LogP contribution in [0.25, 0.3) is 0 Å². The number of halogens is 1. The fourth-order valence-electron chi connectivity index (χ4n) is 3.12. The molecule has 1 fully saturated rings. The molecule has 1 heterocycles. The van der Waals surface area contributed by atoms with Gasteiger partial charge in [0, 0.05) is 31.9 Å². The molecule has 0 N–H and O–H groups in total. The van der Waals surface area contributed by atoms with Gasteiger partial charge in [0.1, 0.15) is 11.6 Å². The van der Waals surface area contributed by atoms with Crippen LogP contribution in [0.3, 0.4) is 0 Å². The van der Waals surface area contributed by atoms with Crippen molar-refractivity contribution in [1.29, 1.82) is 0 Å². The molecule has 0 bridgehead atoms. The number of anilines is 2. The smallest absolute Gasteiger partial charge is 0.164 e. The standard InChI is InChI=1S/C19H21FN2O2/c1-14(23)19-17(20)4-3-5-18(19)22-12-10-21(11-13-22)15-6-8-16(24-2)9-7-15/h3-9H,10-13H2,1-2H3. The van der Waals surface area contributed by atoms with Gasteiger partial charge in [-0.25, -0.2) is 4.39 Å². The zero-order valence-corrected chi connectivity index (χ0v) is 14.0. The minimum Gasteiger partial charge on any atom is -0.497 e. The van der Waals surface area contributed by atoms with Gasteiger partial charge in [0.15, 0.2) is 5.78 Å². The van der Waals surface area contributed by atoms with E-state index in [1.807, 2.05) is 30.3 Å². The lowest BCUT2D eigenvalue weighted by Gasteiger charge is -2.38. The molecule has 0 aromatic heterocycles. The van der Waals surface area contributed by atoms with E-state index in [2.05, 4.69) is 9.80 Å². The summed E-state index contributed by atoms with van der Waals surface area (Å²) in [6.45, 7) is 4.54. The Morgan fingerprint density at radius 1 is 1.00 bits per heavy atom. The molecule has 3 rings (SSSR count). The van der Waals surface area contributed by atoms with Crippen LogP contribution < -0.4 is 14.5 Å². The molecule has 0 atom stereocenters. The molecule has 126 valence electrons. The number of benzene rings is 2. The van der Waals surface area contributed by atoms with Crippen molar-refractivity contribution in [2.45, 2.75) is 6.92 Å². The van der Waals surface area contributed by atoms with E-state index in [0.29, 0.717) is 5.69 Å². The molecular formula is C19H21FN2O2. The molecule has 1 saturated heterocycles. The maximum Gasteiger partial charge on any atom is 0.164 e. The predicted molar refractivity (Wildman–Crippen MR) is 93.8 cm³/mol. The molecule has 2 aromatic carbocycles. The van der Waals surface area contributed by atoms with E-state index in [4.69, 9.17) is 4.74 Å². The molecule has 24 heavy (non-hydrogen) atoms. The second-order valence-electron chi connectivity index (χ2n) is 5.86. The van der Waals surface area contributed by atoms with Crippen molar-refractivity contribution in [3.8, 4) is 5.75 Å². The van der Waals surface area contributed by atoms with Crippen LogP contribution in [0.4, 0.5) is 15.8 Å². The zero-order valence-electron chi connectivity index (χ0n) is 14.0. The number of methoxy groups -OCH3 is 1. The second-order valence-corrected chi connectivity index (χ2v) is 5.86. The summed E-state index contributed by atoms with van der Waals surface area (Å²) in [7, 11) is 1.65. The van der Waals surface area contributed by atoms with Crippen molar-refractivity contribution >= 4 is 17.2 Å². The molecule has 0 spiro atoms. The second kappa shape index (κ2) is 6.91. The fourth-order valence-corrected chi connectivity index (χ4v) is 3.12. The Balaban J connectivity index is 1.73. The zero-order chi connectivity index (χ0) is 17.1. The molecular weight excluding hydrogens is 307 g/mol. The monoisotopic (exact) mass is 328 g/mol. The van der Waals surface area contributed by atoms with Gasteiger partial charge in [0.05, 0.1) is 18.4 Å². The summed E-state index contributed by atoms with van der Waals surface area (Å²) in [6, 6.07) is 12.8. The number of nitrogens with zero attached hydrogens (tertiary/aromatic N) is 2. The number of hydrogen-bond donors (Lipinski definition) is 0. The van der Waals surface area contributed by atoms with Crippen molar-refractivity contribution in [3.05, 3.63) is 53.8 Å². The molecule has 0 amide bonds. The van der Waals surface area contributed by atoms with Gasteiger partial charge in [-0.1, -0.05) is 6.07 Å². The van der Waals surface area contributed by atoms with Gasteiger partial charge in [-0.05, 0) is 43.3 Å². The molecule has 1 aliphatic heterocycles. The van der Waals surface area contributed by atoms with Crippen LogP contribution >= 0.6 is 0 Å². The lowest BCUT2D eigenvalue weighted by molar-refractivity contribution is 0.101. The molecule has 4 nitrogen and oxygen atoms in total. The molecule has 0 unspecified atom stereocenters. The van der Waals surface area contributed by atoms with Gasteiger partial charge in [-0.15, -0.1) is 0 Å². The molecule has 2 aromatic rings. The first-order valence-electron chi connectivity index (χ1n) is 8.03. The molecule has 0 saturated carbocycles. The number of carbonyl (C=O) groups is 1. The van der Waals surface area contributed by atoms with Crippen molar-refractivity contribution in [3.63, 3.8) is 0 Å². The highest BCUT2D eigenvalue weighted by molar-refractivity contribution is 6.00. The minimum atomic E-state index is -0.447. The average molecular weight is 328 g/mol. The number of carbonyl (C=O) groups excluding carboxylic acids is 1. The van der Waals surface area contributed by atoms with Gasteiger partial charge in [0.25, 0.3) is 0 Å². The highest BCUT2D eigenvalue weighted by Gasteiger charge is 2.22. The maximum absolute atomic E-state index is 14.0. The van der Waals surface area contributed by atoms with Gasteiger partial charge in [-0.2, -0.15) is 0 Å². The van der Waals surface area contributed by atoms with E-state index in [1.165, 1.54) is 13.0 Å². The average Bonchev–Trinajstić information content (AvgIpc) is 2.61. The Labute approximate surface area is 141 Å². The lowest BCUT2D eigenvalue weighted by atomic mass is 10.1. The number of piperazine rings is 1. The van der Waals surface area contributed by atoms with Crippen molar-refractivity contribution in [2.24, 2.45) is 0 Å². The van der Waals surface area contributed by atoms with Gasteiger partial charge in [0.2, 0.25) is 0 Å². The lowest BCUT2D eigenvalue weighted by Crippen LogP contribution is -2.47. The summed E-state index contributed by atoms with van der Waals surface area (Å²) in [6.07, 6.45) is 0. The number of Topliss-reactive ketones (excluding diaryl/α,β-unsaturated/α-hetero) is 1. The first-order chi connectivity index (χ1) is 11.6. The van der Waals surface area contributed by atoms with Gasteiger partial charge >= 0.3 is 0 Å². The summed E-state index contributed by atoms with van der Waals surface area (Å²) >= 11 is 0. The molecule has 5 heteroatoms. The van der Waals surface area contributed by atoms with Crippen LogP contribution in [0.1, 0.15) is 17.3 Å². The van der Waals surface area contributed by atoms with Crippen LogP contribution in [0, 0.1) is 5.82 Å². The van der Waals surface area contributed by atoms with E-state index >= 15 is 0 Å². The Morgan fingerprint density at radius 2 is 1.62 bits per heavy atom. The third kappa shape index (κ3) is 3.20. The Kier molecular flexibility index (Phi) is 4.69. The largest absolute Gasteiger partial charge is 0.497 e. The number of rotatable bonds is 4. The first kappa shape index (κ1) is 16.3. The van der Waals surface area contributed by atoms with Crippen LogP contribution in [0.2, 0.25) is 0 Å². The number of hydrogen-bond acceptors (Lipinski definition) is 4. The normalized spacial score (nSPS) is 14.6. The van der Waals surface area contributed by atoms with E-state index in [9.17, 15) is 9.18 Å². The SMILES string of the molecule is COc1ccc(N2CCN(c3cccc(F)c3C(C)=O)CC2)cc1. The van der Waals surface area contributed by atoms with E-state index in [-0.39, 0.29) is 11.3 Å². The van der Waals surface area contributed by atoms with Crippen LogP contribution in [-0.2, 0) is 0 Å². The van der Waals surface area contributed by atoms with E-state index in [1.54, 1.807) is 13.2 Å². The van der Waals surface area contributed by atoms with Gasteiger partial charge in [-0.3, -0.25) is 4.79 Å². The first-order valence-corrected chi connectivity index (χ1v) is 8.03. The third-order valence-corrected chi connectivity index (χ3v) is 4.40. The fraction of sp³-hybridized carbons (Fsp3) is 0.316. The van der Waals surface area contributed by atoms with Crippen molar-refractivity contribution < 1.29 is 13.9 Å². The Morgan fingerprint density at radius 3 is 2.21 bits per heavy atom. The topological polar surface area (TPSA) is 32.8 Å². The Hall–Kier alpha value is -2.56. The van der Waals surface area contributed by atoms with E-state index < -0.39 is 5.82 Å². The van der Waals surface area contributed by atoms with Crippen LogP contribution in [0.15, 0.2) is 42.5 Å². The summed E-state index contributed by atoms with van der Waals surface area (Å²) in [5.41, 5.74) is 2.02.